The summed E-state index contributed by atoms with van der Waals surface area (Å²) in [6.45, 7) is 0. The first-order chi connectivity index (χ1) is 25.7. The van der Waals surface area contributed by atoms with Gasteiger partial charge >= 0.3 is 0 Å². The minimum Gasteiger partial charge on any atom is -0.456 e. The molecule has 0 spiro atoms. The summed E-state index contributed by atoms with van der Waals surface area (Å²) < 4.78 is 13.0. The quantitative estimate of drug-likeness (QED) is 0.187. The molecule has 0 bridgehead atoms. The number of rotatable bonds is 4. The van der Waals surface area contributed by atoms with Gasteiger partial charge in [0.05, 0.1) is 0 Å². The van der Waals surface area contributed by atoms with E-state index in [-0.39, 0.29) is 0 Å². The van der Waals surface area contributed by atoms with Crippen LogP contribution >= 0.6 is 0 Å². The Morgan fingerprint density at radius 3 is 1.81 bits per heavy atom. The fourth-order valence-electron chi connectivity index (χ4n) is 7.63. The summed E-state index contributed by atoms with van der Waals surface area (Å²) in [5.41, 5.74) is 8.21. The molecule has 0 saturated carbocycles. The lowest BCUT2D eigenvalue weighted by molar-refractivity contribution is 0.669. The van der Waals surface area contributed by atoms with E-state index in [2.05, 4.69) is 103 Å². The summed E-state index contributed by atoms with van der Waals surface area (Å²) in [7, 11) is 0. The molecule has 242 valence electrons. The van der Waals surface area contributed by atoms with E-state index in [1.54, 1.807) is 0 Å². The van der Waals surface area contributed by atoms with E-state index in [0.29, 0.717) is 17.5 Å². The number of fused-ring (bicyclic) bond motifs is 9. The van der Waals surface area contributed by atoms with Crippen molar-refractivity contribution in [3.8, 4) is 45.3 Å². The fourth-order valence-corrected chi connectivity index (χ4v) is 7.63. The molecule has 0 saturated heterocycles. The molecule has 0 aliphatic rings. The molecule has 0 aliphatic carbocycles. The van der Waals surface area contributed by atoms with E-state index in [0.717, 1.165) is 87.9 Å². The topological polar surface area (TPSA) is 65.0 Å². The fraction of sp³-hybridized carbons (Fsp3) is 0. The number of benzene rings is 8. The first-order valence-corrected chi connectivity index (χ1v) is 17.3. The third-order valence-electron chi connectivity index (χ3n) is 10.1. The molecule has 0 unspecified atom stereocenters. The molecular weight excluding hydrogens is 639 g/mol. The Kier molecular flexibility index (Phi) is 6.18. The lowest BCUT2D eigenvalue weighted by atomic mass is 9.92. The Balaban J connectivity index is 1.21. The van der Waals surface area contributed by atoms with Crippen LogP contribution in [0.5, 0.6) is 0 Å². The summed E-state index contributed by atoms with van der Waals surface area (Å²) in [5.74, 6) is 1.83. The van der Waals surface area contributed by atoms with Crippen molar-refractivity contribution in [2.24, 2.45) is 0 Å². The second kappa shape index (κ2) is 11.2. The van der Waals surface area contributed by atoms with Gasteiger partial charge in [-0.1, -0.05) is 127 Å². The maximum atomic E-state index is 6.70. The summed E-state index contributed by atoms with van der Waals surface area (Å²) >= 11 is 0. The minimum absolute atomic E-state index is 0.596. The van der Waals surface area contributed by atoms with E-state index in [4.69, 9.17) is 23.8 Å². The van der Waals surface area contributed by atoms with Crippen molar-refractivity contribution in [3.63, 3.8) is 0 Å². The Bertz CT molecular complexity index is 3190. The highest BCUT2D eigenvalue weighted by molar-refractivity contribution is 6.23. The molecule has 0 N–H and O–H groups in total. The van der Waals surface area contributed by atoms with Gasteiger partial charge < -0.3 is 8.83 Å². The zero-order valence-electron chi connectivity index (χ0n) is 27.7. The van der Waals surface area contributed by atoms with Crippen molar-refractivity contribution in [1.29, 1.82) is 0 Å². The number of nitrogens with zero attached hydrogens (tertiary/aromatic N) is 3. The number of furan rings is 2. The van der Waals surface area contributed by atoms with E-state index < -0.39 is 0 Å². The second-order valence-corrected chi connectivity index (χ2v) is 13.2. The van der Waals surface area contributed by atoms with E-state index in [1.807, 2.05) is 60.7 Å². The van der Waals surface area contributed by atoms with Crippen LogP contribution in [0, 0.1) is 0 Å². The zero-order valence-corrected chi connectivity index (χ0v) is 27.7. The van der Waals surface area contributed by atoms with Crippen molar-refractivity contribution >= 4 is 65.4 Å². The predicted molar refractivity (Wildman–Crippen MR) is 211 cm³/mol. The van der Waals surface area contributed by atoms with Gasteiger partial charge in [0, 0.05) is 43.6 Å². The van der Waals surface area contributed by atoms with Crippen LogP contribution in [0.25, 0.3) is 111 Å². The van der Waals surface area contributed by atoms with Gasteiger partial charge in [-0.15, -0.1) is 0 Å². The number of hydrogen-bond acceptors (Lipinski definition) is 5. The van der Waals surface area contributed by atoms with Gasteiger partial charge in [0.1, 0.15) is 22.3 Å². The third-order valence-corrected chi connectivity index (χ3v) is 10.1. The van der Waals surface area contributed by atoms with Gasteiger partial charge in [-0.05, 0) is 63.7 Å². The van der Waals surface area contributed by atoms with E-state index >= 15 is 0 Å². The van der Waals surface area contributed by atoms with Crippen LogP contribution < -0.4 is 0 Å². The van der Waals surface area contributed by atoms with Crippen molar-refractivity contribution in [1.82, 2.24) is 15.0 Å². The van der Waals surface area contributed by atoms with Crippen molar-refractivity contribution in [2.75, 3.05) is 0 Å². The standard InChI is InChI=1S/C47H27N3O2/c1-2-12-29(13-3-1)45-48-46(32-22-21-28-11-4-5-14-30(28)25-32)50-47(49-45)39-27-38-35-16-7-9-20-41(35)52-44(38)43-33(17-10-18-37(39)43)31-23-24-36-34-15-6-8-19-40(34)51-42(36)26-31/h1-27H. The lowest BCUT2D eigenvalue weighted by Crippen LogP contribution is -2.01. The molecule has 11 rings (SSSR count). The van der Waals surface area contributed by atoms with Gasteiger partial charge in [-0.3, -0.25) is 0 Å². The smallest absolute Gasteiger partial charge is 0.164 e. The summed E-state index contributed by atoms with van der Waals surface area (Å²) in [6.07, 6.45) is 0. The van der Waals surface area contributed by atoms with Crippen LogP contribution in [-0.4, -0.2) is 15.0 Å². The summed E-state index contributed by atoms with van der Waals surface area (Å²) in [4.78, 5) is 15.5. The van der Waals surface area contributed by atoms with E-state index in [9.17, 15) is 0 Å². The molecule has 5 nitrogen and oxygen atoms in total. The van der Waals surface area contributed by atoms with Crippen LogP contribution in [0.4, 0.5) is 0 Å². The van der Waals surface area contributed by atoms with Crippen LogP contribution in [-0.2, 0) is 0 Å². The molecule has 3 heterocycles. The molecule has 52 heavy (non-hydrogen) atoms. The Labute approximate surface area is 297 Å². The van der Waals surface area contributed by atoms with E-state index in [1.165, 1.54) is 5.39 Å². The monoisotopic (exact) mass is 665 g/mol. The molecular formula is C47H27N3O2. The Morgan fingerprint density at radius 2 is 0.962 bits per heavy atom. The molecule has 0 aliphatic heterocycles. The van der Waals surface area contributed by atoms with Crippen LogP contribution in [0.15, 0.2) is 173 Å². The molecule has 0 atom stereocenters. The molecule has 8 aromatic carbocycles. The molecule has 0 radical (unpaired) electrons. The number of hydrogen-bond donors (Lipinski definition) is 0. The second-order valence-electron chi connectivity index (χ2n) is 13.2. The highest BCUT2D eigenvalue weighted by atomic mass is 16.3. The average Bonchev–Trinajstić information content (AvgIpc) is 3.78. The van der Waals surface area contributed by atoms with Gasteiger partial charge in [-0.2, -0.15) is 0 Å². The van der Waals surface area contributed by atoms with Crippen LogP contribution in [0.3, 0.4) is 0 Å². The summed E-state index contributed by atoms with van der Waals surface area (Å²) in [6, 6.07) is 56.3. The van der Waals surface area contributed by atoms with Crippen molar-refractivity contribution in [3.05, 3.63) is 164 Å². The number of aromatic nitrogens is 3. The Hall–Kier alpha value is -7.11. The maximum Gasteiger partial charge on any atom is 0.164 e. The molecule has 3 aromatic heterocycles. The van der Waals surface area contributed by atoms with Gasteiger partial charge in [-0.25, -0.2) is 15.0 Å². The largest absolute Gasteiger partial charge is 0.456 e. The third kappa shape index (κ3) is 4.46. The first kappa shape index (κ1) is 28.7. The Morgan fingerprint density at radius 1 is 0.327 bits per heavy atom. The number of para-hydroxylation sites is 2. The highest BCUT2D eigenvalue weighted by Crippen LogP contribution is 2.44. The van der Waals surface area contributed by atoms with Crippen molar-refractivity contribution < 1.29 is 8.83 Å². The van der Waals surface area contributed by atoms with Gasteiger partial charge in [0.15, 0.2) is 17.5 Å². The first-order valence-electron chi connectivity index (χ1n) is 17.3. The average molecular weight is 666 g/mol. The van der Waals surface area contributed by atoms with Crippen LogP contribution in [0.2, 0.25) is 0 Å². The zero-order chi connectivity index (χ0) is 34.2. The predicted octanol–water partition coefficient (Wildman–Crippen LogP) is 12.6. The van der Waals surface area contributed by atoms with Gasteiger partial charge in [0.25, 0.3) is 0 Å². The normalized spacial score (nSPS) is 11.8. The molecule has 11 aromatic rings. The molecule has 0 fully saturated rings. The molecule has 0 amide bonds. The SMILES string of the molecule is c1ccc(-c2nc(-c3ccc4ccccc4c3)nc(-c3cc4c5ccccc5oc4c4c(-c5ccc6c(c5)oc5ccccc56)cccc34)n2)cc1. The van der Waals surface area contributed by atoms with Crippen LogP contribution in [0.1, 0.15) is 0 Å². The summed E-state index contributed by atoms with van der Waals surface area (Å²) in [5, 5.41) is 8.52. The lowest BCUT2D eigenvalue weighted by Gasteiger charge is -2.13. The maximum absolute atomic E-state index is 6.70. The minimum atomic E-state index is 0.596. The highest BCUT2D eigenvalue weighted by Gasteiger charge is 2.21. The van der Waals surface area contributed by atoms with Crippen molar-refractivity contribution in [2.45, 2.75) is 0 Å². The van der Waals surface area contributed by atoms with Gasteiger partial charge in [0.2, 0.25) is 0 Å². The molecule has 5 heteroatoms.